The minimum absolute atomic E-state index is 0.778. The second kappa shape index (κ2) is 5.21. The molecular weight excluding hydrogens is 266 g/mol. The zero-order valence-corrected chi connectivity index (χ0v) is 12.7. The third-order valence-corrected chi connectivity index (χ3v) is 4.66. The molecule has 0 unspecified atom stereocenters. The van der Waals surface area contributed by atoms with Crippen molar-refractivity contribution in [2.45, 2.75) is 27.3 Å². The number of rotatable bonds is 3. The number of nitrogens with one attached hydrogen (secondary N) is 1. The van der Waals surface area contributed by atoms with Crippen LogP contribution in [-0.2, 0) is 6.54 Å². The first-order chi connectivity index (χ1) is 9.65. The molecule has 0 bridgehead atoms. The van der Waals surface area contributed by atoms with Crippen LogP contribution in [0.5, 0.6) is 0 Å². The number of aromatic nitrogens is 2. The number of benzene rings is 1. The summed E-state index contributed by atoms with van der Waals surface area (Å²) in [5.74, 6) is 0.928. The molecule has 0 fully saturated rings. The van der Waals surface area contributed by atoms with E-state index in [1.165, 1.54) is 21.6 Å². The van der Waals surface area contributed by atoms with Crippen molar-refractivity contribution in [1.29, 1.82) is 0 Å². The van der Waals surface area contributed by atoms with Crippen LogP contribution in [0.15, 0.2) is 30.6 Å². The lowest BCUT2D eigenvalue weighted by Gasteiger charge is -2.07. The summed E-state index contributed by atoms with van der Waals surface area (Å²) >= 11 is 1.73. The predicted octanol–water partition coefficient (Wildman–Crippen LogP) is 4.23. The Hall–Kier alpha value is -1.94. The molecule has 4 heteroatoms. The molecule has 3 rings (SSSR count). The van der Waals surface area contributed by atoms with Crippen LogP contribution < -0.4 is 5.32 Å². The van der Waals surface area contributed by atoms with Gasteiger partial charge in [0.25, 0.3) is 0 Å². The smallest absolute Gasteiger partial charge is 0.138 e. The second-order valence-electron chi connectivity index (χ2n) is 5.02. The summed E-state index contributed by atoms with van der Waals surface area (Å²) in [7, 11) is 0. The molecule has 0 amide bonds. The third-order valence-electron chi connectivity index (χ3n) is 3.55. The molecule has 0 atom stereocenters. The highest BCUT2D eigenvalue weighted by Gasteiger charge is 2.11. The number of fused-ring (bicyclic) bond motifs is 1. The van der Waals surface area contributed by atoms with E-state index in [4.69, 9.17) is 0 Å². The zero-order chi connectivity index (χ0) is 14.1. The molecule has 0 aliphatic carbocycles. The molecule has 0 aliphatic heterocycles. The van der Waals surface area contributed by atoms with Crippen molar-refractivity contribution in [2.75, 3.05) is 5.32 Å². The Labute approximate surface area is 122 Å². The van der Waals surface area contributed by atoms with Crippen molar-refractivity contribution in [3.8, 4) is 0 Å². The molecule has 3 aromatic rings. The van der Waals surface area contributed by atoms with E-state index < -0.39 is 0 Å². The maximum absolute atomic E-state index is 4.40. The molecule has 1 aromatic carbocycles. The molecule has 0 radical (unpaired) electrons. The van der Waals surface area contributed by atoms with Gasteiger partial charge in [-0.05, 0) is 31.9 Å². The van der Waals surface area contributed by atoms with Crippen molar-refractivity contribution in [2.24, 2.45) is 0 Å². The highest BCUT2D eigenvalue weighted by molar-refractivity contribution is 7.18. The van der Waals surface area contributed by atoms with Crippen molar-refractivity contribution in [1.82, 2.24) is 9.97 Å². The van der Waals surface area contributed by atoms with Crippen LogP contribution in [0.25, 0.3) is 10.2 Å². The third kappa shape index (κ3) is 2.39. The molecule has 0 saturated heterocycles. The molecular formula is C16H17N3S. The van der Waals surface area contributed by atoms with Crippen LogP contribution in [0.4, 0.5) is 5.82 Å². The van der Waals surface area contributed by atoms with Gasteiger partial charge in [0.15, 0.2) is 0 Å². The summed E-state index contributed by atoms with van der Waals surface area (Å²) in [6.45, 7) is 7.14. The molecule has 0 aliphatic rings. The molecule has 2 aromatic heterocycles. The summed E-state index contributed by atoms with van der Waals surface area (Å²) in [5.41, 5.74) is 3.81. The van der Waals surface area contributed by atoms with Crippen LogP contribution in [0, 0.1) is 20.8 Å². The first kappa shape index (κ1) is 13.1. The minimum atomic E-state index is 0.778. The Morgan fingerprint density at radius 3 is 2.55 bits per heavy atom. The summed E-state index contributed by atoms with van der Waals surface area (Å²) in [5, 5.41) is 4.59. The van der Waals surface area contributed by atoms with Gasteiger partial charge >= 0.3 is 0 Å². The predicted molar refractivity (Wildman–Crippen MR) is 85.4 cm³/mol. The zero-order valence-electron chi connectivity index (χ0n) is 11.9. The summed E-state index contributed by atoms with van der Waals surface area (Å²) in [6, 6.07) is 8.55. The first-order valence-corrected chi connectivity index (χ1v) is 7.47. The fraction of sp³-hybridized carbons (Fsp3) is 0.250. The van der Waals surface area contributed by atoms with E-state index >= 15 is 0 Å². The van der Waals surface area contributed by atoms with E-state index in [2.05, 4.69) is 60.3 Å². The average molecular weight is 283 g/mol. The second-order valence-corrected chi connectivity index (χ2v) is 6.23. The lowest BCUT2D eigenvalue weighted by molar-refractivity contribution is 1.10. The van der Waals surface area contributed by atoms with Crippen molar-refractivity contribution in [3.05, 3.63) is 52.2 Å². The fourth-order valence-corrected chi connectivity index (χ4v) is 3.21. The van der Waals surface area contributed by atoms with Crippen molar-refractivity contribution in [3.63, 3.8) is 0 Å². The highest BCUT2D eigenvalue weighted by Crippen LogP contribution is 2.32. The Balaban J connectivity index is 1.89. The number of aryl methyl sites for hydroxylation is 3. The number of anilines is 1. The largest absolute Gasteiger partial charge is 0.365 e. The van der Waals surface area contributed by atoms with Gasteiger partial charge in [-0.2, -0.15) is 0 Å². The van der Waals surface area contributed by atoms with Gasteiger partial charge in [-0.15, -0.1) is 11.3 Å². The van der Waals surface area contributed by atoms with Gasteiger partial charge in [-0.3, -0.25) is 0 Å². The average Bonchev–Trinajstić information content (AvgIpc) is 2.74. The van der Waals surface area contributed by atoms with Gasteiger partial charge in [0, 0.05) is 11.4 Å². The van der Waals surface area contributed by atoms with Gasteiger partial charge in [0.1, 0.15) is 17.0 Å². The number of thiophene rings is 1. The Morgan fingerprint density at radius 2 is 1.80 bits per heavy atom. The van der Waals surface area contributed by atoms with E-state index in [1.807, 2.05) is 0 Å². The minimum Gasteiger partial charge on any atom is -0.365 e. The quantitative estimate of drug-likeness (QED) is 0.781. The summed E-state index contributed by atoms with van der Waals surface area (Å²) in [4.78, 5) is 11.1. The monoisotopic (exact) mass is 283 g/mol. The highest BCUT2D eigenvalue weighted by atomic mass is 32.1. The Morgan fingerprint density at radius 1 is 1.05 bits per heavy atom. The topological polar surface area (TPSA) is 37.8 Å². The van der Waals surface area contributed by atoms with Crippen LogP contribution in [0.3, 0.4) is 0 Å². The maximum atomic E-state index is 4.40. The van der Waals surface area contributed by atoms with Crippen molar-refractivity contribution >= 4 is 27.4 Å². The van der Waals surface area contributed by atoms with E-state index in [-0.39, 0.29) is 0 Å². The Bertz CT molecular complexity index is 744. The summed E-state index contributed by atoms with van der Waals surface area (Å²) < 4.78 is 0. The van der Waals surface area contributed by atoms with Crippen LogP contribution in [-0.4, -0.2) is 9.97 Å². The van der Waals surface area contributed by atoms with Crippen LogP contribution in [0.2, 0.25) is 0 Å². The van der Waals surface area contributed by atoms with E-state index in [0.29, 0.717) is 0 Å². The Kier molecular flexibility index (Phi) is 3.40. The van der Waals surface area contributed by atoms with Crippen molar-refractivity contribution < 1.29 is 0 Å². The lowest BCUT2D eigenvalue weighted by Crippen LogP contribution is -2.02. The molecule has 1 N–H and O–H groups in total. The molecule has 20 heavy (non-hydrogen) atoms. The normalized spacial score (nSPS) is 10.9. The van der Waals surface area contributed by atoms with E-state index in [1.54, 1.807) is 17.7 Å². The van der Waals surface area contributed by atoms with E-state index in [0.717, 1.165) is 22.6 Å². The SMILES string of the molecule is Cc1ccc(CNc2ncnc3sc(C)c(C)c23)cc1. The maximum Gasteiger partial charge on any atom is 0.138 e. The van der Waals surface area contributed by atoms with Gasteiger partial charge in [0.2, 0.25) is 0 Å². The summed E-state index contributed by atoms with van der Waals surface area (Å²) in [6.07, 6.45) is 1.63. The number of nitrogens with zero attached hydrogens (tertiary/aromatic N) is 2. The van der Waals surface area contributed by atoms with Gasteiger partial charge in [-0.25, -0.2) is 9.97 Å². The standard InChI is InChI=1S/C16H17N3S/c1-10-4-6-13(7-5-10)8-17-15-14-11(2)12(3)20-16(14)19-9-18-15/h4-7,9H,8H2,1-3H3,(H,17,18,19). The molecule has 102 valence electrons. The van der Waals surface area contributed by atoms with E-state index in [9.17, 15) is 0 Å². The first-order valence-electron chi connectivity index (χ1n) is 6.65. The fourth-order valence-electron chi connectivity index (χ4n) is 2.21. The van der Waals surface area contributed by atoms with Gasteiger partial charge < -0.3 is 5.32 Å². The van der Waals surface area contributed by atoms with Crippen LogP contribution >= 0.6 is 11.3 Å². The van der Waals surface area contributed by atoms with Gasteiger partial charge in [0.05, 0.1) is 5.39 Å². The number of hydrogen-bond acceptors (Lipinski definition) is 4. The molecule has 0 spiro atoms. The molecule has 0 saturated carbocycles. The number of hydrogen-bond donors (Lipinski definition) is 1. The molecule has 2 heterocycles. The van der Waals surface area contributed by atoms with Gasteiger partial charge in [-0.1, -0.05) is 29.8 Å². The molecule has 3 nitrogen and oxygen atoms in total. The van der Waals surface area contributed by atoms with Crippen LogP contribution in [0.1, 0.15) is 21.6 Å². The lowest BCUT2D eigenvalue weighted by atomic mass is 10.1.